The fourth-order valence-corrected chi connectivity index (χ4v) is 3.70. The highest BCUT2D eigenvalue weighted by Crippen LogP contribution is 2.26. The van der Waals surface area contributed by atoms with Crippen LogP contribution in [0.5, 0.6) is 0 Å². The molecule has 0 amide bonds. The van der Waals surface area contributed by atoms with Crippen LogP contribution in [0, 0.1) is 0 Å². The first-order chi connectivity index (χ1) is 11.8. The Morgan fingerprint density at radius 3 is 2.46 bits per heavy atom. The summed E-state index contributed by atoms with van der Waals surface area (Å²) in [6.07, 6.45) is 3.19. The Bertz CT molecular complexity index is 771. The molecule has 3 rings (SSSR count). The van der Waals surface area contributed by atoms with Crippen molar-refractivity contribution in [3.05, 3.63) is 42.5 Å². The molecule has 1 aromatic carbocycles. The zero-order valence-corrected chi connectivity index (χ0v) is 15.3. The first-order valence-corrected chi connectivity index (χ1v) is 9.60. The Morgan fingerprint density at radius 2 is 1.75 bits per heavy atom. The molecule has 3 aromatic rings. The molecule has 0 aliphatic rings. The number of hydrogen-bond acceptors (Lipinski definition) is 5. The highest BCUT2D eigenvalue weighted by Gasteiger charge is 2.08. The predicted octanol–water partition coefficient (Wildman–Crippen LogP) is 3.93. The molecule has 0 radical (unpaired) electrons. The van der Waals surface area contributed by atoms with Crippen LogP contribution in [0.15, 0.2) is 41.9 Å². The van der Waals surface area contributed by atoms with E-state index < -0.39 is 0 Å². The van der Waals surface area contributed by atoms with Crippen LogP contribution in [-0.4, -0.2) is 44.8 Å². The third kappa shape index (κ3) is 4.12. The number of imidazole rings is 1. The summed E-state index contributed by atoms with van der Waals surface area (Å²) in [6, 6.07) is 8.48. The lowest BCUT2D eigenvalue weighted by Gasteiger charge is -2.23. The van der Waals surface area contributed by atoms with Crippen molar-refractivity contribution < 1.29 is 0 Å². The first kappa shape index (κ1) is 17.3. The zero-order chi connectivity index (χ0) is 16.8. The maximum atomic E-state index is 5.86. The number of H-pyrrole nitrogens is 1. The second kappa shape index (κ2) is 8.55. The summed E-state index contributed by atoms with van der Waals surface area (Å²) in [6.45, 7) is 1.59. The minimum absolute atomic E-state index is 0.586. The summed E-state index contributed by atoms with van der Waals surface area (Å²) in [5.41, 5.74) is 3.95. The average molecular weight is 382 g/mol. The van der Waals surface area contributed by atoms with E-state index in [0.29, 0.717) is 17.4 Å². The second-order valence-corrected chi connectivity index (χ2v) is 6.82. The van der Waals surface area contributed by atoms with Crippen molar-refractivity contribution in [1.82, 2.24) is 19.9 Å². The lowest BCUT2D eigenvalue weighted by atomic mass is 10.2. The van der Waals surface area contributed by atoms with Gasteiger partial charge < -0.3 is 9.88 Å². The number of halogens is 2. The van der Waals surface area contributed by atoms with Gasteiger partial charge in [0.05, 0.1) is 6.33 Å². The van der Waals surface area contributed by atoms with Crippen molar-refractivity contribution in [2.24, 2.45) is 0 Å². The van der Waals surface area contributed by atoms with Crippen molar-refractivity contribution in [2.75, 3.05) is 29.7 Å². The van der Waals surface area contributed by atoms with Gasteiger partial charge in [0.2, 0.25) is 0 Å². The lowest BCUT2D eigenvalue weighted by molar-refractivity contribution is 0.873. The van der Waals surface area contributed by atoms with Gasteiger partial charge in [-0.15, -0.1) is 23.2 Å². The van der Waals surface area contributed by atoms with Crippen molar-refractivity contribution in [3.63, 3.8) is 0 Å². The largest absolute Gasteiger partial charge is 0.369 e. The van der Waals surface area contributed by atoms with Gasteiger partial charge in [0, 0.05) is 36.3 Å². The molecular weight excluding hydrogens is 365 g/mol. The number of fused-ring (bicyclic) bond motifs is 1. The predicted molar refractivity (Wildman–Crippen MR) is 101 cm³/mol. The number of aromatic amines is 1. The minimum atomic E-state index is 0.586. The maximum absolute atomic E-state index is 5.86. The standard InChI is InChI=1S/C16H17Cl2N5S/c17-5-7-23(8-6-18)13-3-1-12(2-4-13)9-24-16-14-15(20-10-19-14)21-11-22-16/h1-4,10-11H,5-9H2,(H,19,20,21,22). The number of anilines is 1. The molecule has 126 valence electrons. The smallest absolute Gasteiger partial charge is 0.181 e. The maximum Gasteiger partial charge on any atom is 0.181 e. The molecule has 0 bridgehead atoms. The van der Waals surface area contributed by atoms with Gasteiger partial charge in [0.25, 0.3) is 0 Å². The van der Waals surface area contributed by atoms with Gasteiger partial charge in [0.15, 0.2) is 5.65 Å². The third-order valence-corrected chi connectivity index (χ3v) is 4.97. The van der Waals surface area contributed by atoms with E-state index in [2.05, 4.69) is 49.1 Å². The van der Waals surface area contributed by atoms with Crippen molar-refractivity contribution >= 4 is 51.8 Å². The third-order valence-electron chi connectivity index (χ3n) is 3.57. The van der Waals surface area contributed by atoms with E-state index >= 15 is 0 Å². The van der Waals surface area contributed by atoms with Crippen molar-refractivity contribution in [1.29, 1.82) is 0 Å². The van der Waals surface area contributed by atoms with Gasteiger partial charge >= 0.3 is 0 Å². The number of nitrogens with zero attached hydrogens (tertiary/aromatic N) is 4. The van der Waals surface area contributed by atoms with Crippen molar-refractivity contribution in [3.8, 4) is 0 Å². The van der Waals surface area contributed by atoms with Gasteiger partial charge in [0.1, 0.15) is 16.9 Å². The van der Waals surface area contributed by atoms with Crippen LogP contribution in [0.4, 0.5) is 5.69 Å². The summed E-state index contributed by atoms with van der Waals surface area (Å²) in [5, 5.41) is 0.910. The van der Waals surface area contributed by atoms with Crippen LogP contribution in [0.2, 0.25) is 0 Å². The van der Waals surface area contributed by atoms with E-state index in [0.717, 1.165) is 35.1 Å². The molecule has 1 N–H and O–H groups in total. The number of alkyl halides is 2. The summed E-state index contributed by atoms with van der Waals surface area (Å²) in [7, 11) is 0. The number of hydrogen-bond donors (Lipinski definition) is 1. The van der Waals surface area contributed by atoms with Crippen LogP contribution >= 0.6 is 35.0 Å². The molecule has 0 atom stereocenters. The van der Waals surface area contributed by atoms with Gasteiger partial charge in [-0.05, 0) is 17.7 Å². The summed E-state index contributed by atoms with van der Waals surface area (Å²) in [4.78, 5) is 17.9. The van der Waals surface area contributed by atoms with Crippen LogP contribution in [-0.2, 0) is 5.75 Å². The number of thioether (sulfide) groups is 1. The van der Waals surface area contributed by atoms with E-state index in [9.17, 15) is 0 Å². The molecule has 0 fully saturated rings. The summed E-state index contributed by atoms with van der Waals surface area (Å²) >= 11 is 13.4. The molecule has 0 saturated carbocycles. The van der Waals surface area contributed by atoms with Crippen LogP contribution in [0.3, 0.4) is 0 Å². The quantitative estimate of drug-likeness (QED) is 0.363. The highest BCUT2D eigenvalue weighted by atomic mass is 35.5. The van der Waals surface area contributed by atoms with Gasteiger partial charge in [-0.1, -0.05) is 23.9 Å². The Hall–Kier alpha value is -1.50. The molecule has 0 saturated heterocycles. The molecule has 24 heavy (non-hydrogen) atoms. The Labute approximate surface area is 154 Å². The molecule has 5 nitrogen and oxygen atoms in total. The molecule has 0 aliphatic carbocycles. The van der Waals surface area contributed by atoms with E-state index in [1.807, 2.05) is 0 Å². The van der Waals surface area contributed by atoms with E-state index in [-0.39, 0.29) is 0 Å². The summed E-state index contributed by atoms with van der Waals surface area (Å²) < 4.78 is 0. The highest BCUT2D eigenvalue weighted by molar-refractivity contribution is 7.98. The normalized spacial score (nSPS) is 11.1. The molecule has 0 unspecified atom stereocenters. The second-order valence-electron chi connectivity index (χ2n) is 5.10. The monoisotopic (exact) mass is 381 g/mol. The fourth-order valence-electron chi connectivity index (χ4n) is 2.38. The van der Waals surface area contributed by atoms with Gasteiger partial charge in [-0.25, -0.2) is 15.0 Å². The van der Waals surface area contributed by atoms with Gasteiger partial charge in [-0.2, -0.15) is 0 Å². The van der Waals surface area contributed by atoms with Crippen LogP contribution in [0.1, 0.15) is 5.56 Å². The number of nitrogens with one attached hydrogen (secondary N) is 1. The number of aromatic nitrogens is 4. The van der Waals surface area contributed by atoms with Crippen LogP contribution in [0.25, 0.3) is 11.2 Å². The zero-order valence-electron chi connectivity index (χ0n) is 13.0. The first-order valence-electron chi connectivity index (χ1n) is 7.54. The number of benzene rings is 1. The number of rotatable bonds is 8. The molecule has 0 spiro atoms. The van der Waals surface area contributed by atoms with Gasteiger partial charge in [-0.3, -0.25) is 0 Å². The molecular formula is C16H17Cl2N5S. The Balaban J connectivity index is 1.67. The molecule has 2 heterocycles. The lowest BCUT2D eigenvalue weighted by Crippen LogP contribution is -2.27. The molecule has 0 aliphatic heterocycles. The Kier molecular flexibility index (Phi) is 6.18. The molecule has 2 aromatic heterocycles. The fraction of sp³-hybridized carbons (Fsp3) is 0.312. The topological polar surface area (TPSA) is 57.7 Å². The van der Waals surface area contributed by atoms with Crippen molar-refractivity contribution in [2.45, 2.75) is 10.8 Å². The SMILES string of the molecule is ClCCN(CCCl)c1ccc(CSc2ncnc3nc[nH]c23)cc1. The van der Waals surface area contributed by atoms with E-state index in [1.54, 1.807) is 24.4 Å². The minimum Gasteiger partial charge on any atom is -0.369 e. The average Bonchev–Trinajstić information content (AvgIpc) is 3.09. The Morgan fingerprint density at radius 1 is 1.00 bits per heavy atom. The molecule has 8 heteroatoms. The van der Waals surface area contributed by atoms with E-state index in [4.69, 9.17) is 23.2 Å². The summed E-state index contributed by atoms with van der Waals surface area (Å²) in [5.74, 6) is 2.00. The van der Waals surface area contributed by atoms with Crippen LogP contribution < -0.4 is 4.90 Å². The van der Waals surface area contributed by atoms with E-state index in [1.165, 1.54) is 5.56 Å².